The lowest BCUT2D eigenvalue weighted by Crippen LogP contribution is -2.05. The molecule has 0 bridgehead atoms. The summed E-state index contributed by atoms with van der Waals surface area (Å²) in [7, 11) is 1.61. The van der Waals surface area contributed by atoms with Crippen molar-refractivity contribution in [3.05, 3.63) is 77.3 Å². The molecule has 0 aliphatic rings. The topological polar surface area (TPSA) is 75.7 Å². The Morgan fingerprint density at radius 3 is 2.79 bits per heavy atom. The van der Waals surface area contributed by atoms with Gasteiger partial charge in [-0.2, -0.15) is 0 Å². The number of hydrogen-bond donors (Lipinski definition) is 2. The lowest BCUT2D eigenvalue weighted by atomic mass is 10.1. The highest BCUT2D eigenvalue weighted by molar-refractivity contribution is 5.80. The Labute approximate surface area is 161 Å². The van der Waals surface area contributed by atoms with Gasteiger partial charge in [-0.3, -0.25) is 4.98 Å². The first-order chi connectivity index (χ1) is 13.6. The van der Waals surface area contributed by atoms with Crippen molar-refractivity contribution in [2.24, 2.45) is 0 Å². The second-order valence-electron chi connectivity index (χ2n) is 6.66. The highest BCUT2D eigenvalue weighted by Gasteiger charge is 2.10. The molecule has 6 nitrogen and oxygen atoms in total. The summed E-state index contributed by atoms with van der Waals surface area (Å²) in [5.41, 5.74) is 4.91. The van der Waals surface area contributed by atoms with E-state index in [4.69, 9.17) is 4.74 Å². The van der Waals surface area contributed by atoms with Crippen molar-refractivity contribution >= 4 is 16.9 Å². The Hall–Kier alpha value is -3.48. The van der Waals surface area contributed by atoms with Gasteiger partial charge in [0, 0.05) is 43.1 Å². The highest BCUT2D eigenvalue weighted by Crippen LogP contribution is 2.26. The minimum absolute atomic E-state index is 0.363. The number of anilines is 1. The number of ether oxygens (including phenoxy) is 1. The first-order valence-corrected chi connectivity index (χ1v) is 8.91. The van der Waals surface area contributed by atoms with Gasteiger partial charge in [-0.15, -0.1) is 0 Å². The van der Waals surface area contributed by atoms with Crippen molar-refractivity contribution in [1.82, 2.24) is 19.9 Å². The van der Waals surface area contributed by atoms with Gasteiger partial charge in [0.1, 0.15) is 11.5 Å². The highest BCUT2D eigenvalue weighted by atomic mass is 19.1. The summed E-state index contributed by atoms with van der Waals surface area (Å²) in [6, 6.07) is 5.52. The molecule has 0 aliphatic heterocycles. The Bertz CT molecular complexity index is 1120. The molecule has 28 heavy (non-hydrogen) atoms. The van der Waals surface area contributed by atoms with E-state index in [1.807, 2.05) is 31.6 Å². The lowest BCUT2D eigenvalue weighted by molar-refractivity contribution is 0.414. The van der Waals surface area contributed by atoms with Crippen LogP contribution in [0.5, 0.6) is 5.75 Å². The first kappa shape index (κ1) is 17.9. The number of rotatable bonds is 6. The molecule has 0 atom stereocenters. The molecule has 0 saturated carbocycles. The number of aromatic nitrogens is 4. The van der Waals surface area contributed by atoms with Crippen molar-refractivity contribution in [2.75, 3.05) is 12.4 Å². The van der Waals surface area contributed by atoms with Crippen molar-refractivity contribution in [2.45, 2.75) is 19.9 Å². The van der Waals surface area contributed by atoms with Crippen molar-refractivity contribution in [3.63, 3.8) is 0 Å². The molecule has 4 rings (SSSR count). The Balaban J connectivity index is 1.53. The minimum atomic E-state index is -0.363. The molecular weight excluding hydrogens is 357 g/mol. The van der Waals surface area contributed by atoms with E-state index >= 15 is 0 Å². The molecule has 0 fully saturated rings. The second kappa shape index (κ2) is 7.64. The van der Waals surface area contributed by atoms with E-state index in [0.29, 0.717) is 24.5 Å². The number of halogens is 1. The van der Waals surface area contributed by atoms with Gasteiger partial charge in [0.25, 0.3) is 0 Å². The molecule has 0 amide bonds. The predicted octanol–water partition coefficient (Wildman–Crippen LogP) is 4.01. The Kier molecular flexibility index (Phi) is 4.89. The van der Waals surface area contributed by atoms with Crippen LogP contribution in [0.4, 0.5) is 10.2 Å². The van der Waals surface area contributed by atoms with Crippen LogP contribution >= 0.6 is 0 Å². The van der Waals surface area contributed by atoms with Gasteiger partial charge in [-0.1, -0.05) is 0 Å². The van der Waals surface area contributed by atoms with Crippen LogP contribution in [-0.4, -0.2) is 27.0 Å². The number of H-pyrrole nitrogens is 1. The molecule has 4 aromatic heterocycles. The molecule has 0 aromatic carbocycles. The molecular formula is C21H20FN5O. The number of pyridine rings is 3. The maximum Gasteiger partial charge on any atom is 0.169 e. The summed E-state index contributed by atoms with van der Waals surface area (Å²) in [5.74, 6) is 0.876. The predicted molar refractivity (Wildman–Crippen MR) is 106 cm³/mol. The summed E-state index contributed by atoms with van der Waals surface area (Å²) >= 11 is 0. The molecule has 0 saturated heterocycles. The fourth-order valence-electron chi connectivity index (χ4n) is 3.14. The quantitative estimate of drug-likeness (QED) is 0.531. The smallest absolute Gasteiger partial charge is 0.169 e. The third kappa shape index (κ3) is 3.78. The summed E-state index contributed by atoms with van der Waals surface area (Å²) in [5, 5.41) is 4.28. The summed E-state index contributed by atoms with van der Waals surface area (Å²) in [6.45, 7) is 2.43. The van der Waals surface area contributed by atoms with E-state index in [-0.39, 0.29) is 5.82 Å². The van der Waals surface area contributed by atoms with E-state index in [1.54, 1.807) is 13.3 Å². The number of nitrogens with zero attached hydrogens (tertiary/aromatic N) is 3. The number of fused-ring (bicyclic) bond motifs is 1. The van der Waals surface area contributed by atoms with Crippen LogP contribution in [0.2, 0.25) is 0 Å². The molecule has 0 radical (unpaired) electrons. The van der Waals surface area contributed by atoms with E-state index < -0.39 is 0 Å². The third-order valence-corrected chi connectivity index (χ3v) is 4.50. The van der Waals surface area contributed by atoms with Crippen molar-refractivity contribution in [3.8, 4) is 5.75 Å². The molecule has 0 spiro atoms. The maximum atomic E-state index is 13.3. The van der Waals surface area contributed by atoms with Crippen LogP contribution < -0.4 is 10.1 Å². The van der Waals surface area contributed by atoms with Crippen LogP contribution in [-0.2, 0) is 13.0 Å². The molecule has 0 unspecified atom stereocenters. The van der Waals surface area contributed by atoms with Crippen LogP contribution in [0, 0.1) is 12.7 Å². The van der Waals surface area contributed by atoms with Crippen LogP contribution in [0.1, 0.15) is 22.3 Å². The van der Waals surface area contributed by atoms with E-state index in [2.05, 4.69) is 31.3 Å². The van der Waals surface area contributed by atoms with Gasteiger partial charge < -0.3 is 15.0 Å². The van der Waals surface area contributed by atoms with Gasteiger partial charge in [0.2, 0.25) is 0 Å². The molecule has 0 aliphatic carbocycles. The average molecular weight is 377 g/mol. The largest absolute Gasteiger partial charge is 0.493 e. The molecule has 7 heteroatoms. The minimum Gasteiger partial charge on any atom is -0.493 e. The van der Waals surface area contributed by atoms with Crippen LogP contribution in [0.15, 0.2) is 49.2 Å². The van der Waals surface area contributed by atoms with Gasteiger partial charge in [0.15, 0.2) is 11.6 Å². The van der Waals surface area contributed by atoms with E-state index in [0.717, 1.165) is 33.3 Å². The van der Waals surface area contributed by atoms with Crippen molar-refractivity contribution < 1.29 is 9.13 Å². The number of hydrogen-bond acceptors (Lipinski definition) is 5. The Morgan fingerprint density at radius 1 is 1.07 bits per heavy atom. The zero-order valence-corrected chi connectivity index (χ0v) is 15.7. The lowest BCUT2D eigenvalue weighted by Gasteiger charge is -2.12. The summed E-state index contributed by atoms with van der Waals surface area (Å²) in [6.07, 6.45) is 9.15. The summed E-state index contributed by atoms with van der Waals surface area (Å²) < 4.78 is 18.8. The fraction of sp³-hybridized carbons (Fsp3) is 0.190. The second-order valence-corrected chi connectivity index (χ2v) is 6.66. The number of aryl methyl sites for hydroxylation is 1. The SMILES string of the molecule is COc1cc(Cc2c[nH]c3ncc(C)cc23)cnc1NCc1cncc(F)c1. The molecule has 4 heterocycles. The average Bonchev–Trinajstić information content (AvgIpc) is 3.09. The van der Waals surface area contributed by atoms with Gasteiger partial charge in [-0.05, 0) is 47.4 Å². The fourth-order valence-corrected chi connectivity index (χ4v) is 3.14. The van der Waals surface area contributed by atoms with Crippen LogP contribution in [0.3, 0.4) is 0 Å². The number of nitrogens with one attached hydrogen (secondary N) is 2. The molecule has 4 aromatic rings. The zero-order valence-electron chi connectivity index (χ0n) is 15.7. The van der Waals surface area contributed by atoms with Gasteiger partial charge in [0.05, 0.1) is 13.3 Å². The van der Waals surface area contributed by atoms with Crippen LogP contribution in [0.25, 0.3) is 11.0 Å². The van der Waals surface area contributed by atoms with E-state index in [1.165, 1.54) is 12.3 Å². The van der Waals surface area contributed by atoms with Crippen molar-refractivity contribution in [1.29, 1.82) is 0 Å². The molecule has 142 valence electrons. The van der Waals surface area contributed by atoms with E-state index in [9.17, 15) is 4.39 Å². The summed E-state index contributed by atoms with van der Waals surface area (Å²) in [4.78, 5) is 16.0. The number of methoxy groups -OCH3 is 1. The molecule has 2 N–H and O–H groups in total. The number of aromatic amines is 1. The Morgan fingerprint density at radius 2 is 1.96 bits per heavy atom. The maximum absolute atomic E-state index is 13.3. The monoisotopic (exact) mass is 377 g/mol. The standard InChI is InChI=1S/C21H20FN5O/c1-13-3-18-16(11-27-20(18)24-7-13)4-14-6-19(28-2)21(25-9-14)26-10-15-5-17(22)12-23-8-15/h3,5-9,11-12H,4,10H2,1-2H3,(H,24,27)(H,25,26). The zero-order chi connectivity index (χ0) is 19.5. The normalized spacial score (nSPS) is 11.0. The third-order valence-electron chi connectivity index (χ3n) is 4.50. The first-order valence-electron chi connectivity index (χ1n) is 8.91. The van der Waals surface area contributed by atoms with Gasteiger partial charge >= 0.3 is 0 Å². The van der Waals surface area contributed by atoms with Gasteiger partial charge in [-0.25, -0.2) is 14.4 Å².